The maximum absolute atomic E-state index is 11.1. The van der Waals surface area contributed by atoms with Gasteiger partial charge in [0.15, 0.2) is 0 Å². The Morgan fingerprint density at radius 1 is 1.29 bits per heavy atom. The van der Waals surface area contributed by atoms with Crippen LogP contribution in [0.2, 0.25) is 0 Å². The van der Waals surface area contributed by atoms with Crippen molar-refractivity contribution in [2.24, 2.45) is 0 Å². The highest BCUT2D eigenvalue weighted by Crippen LogP contribution is 2.17. The number of benzene rings is 1. The number of carbonyl (C=O) groups excluding carboxylic acids is 1. The van der Waals surface area contributed by atoms with Crippen molar-refractivity contribution in [3.63, 3.8) is 0 Å². The van der Waals surface area contributed by atoms with E-state index in [2.05, 4.69) is 5.32 Å². The molecule has 0 aliphatic heterocycles. The molecule has 0 saturated heterocycles. The fourth-order valence-corrected chi connectivity index (χ4v) is 1.43. The molecular formula is C12H17NO4. The van der Waals surface area contributed by atoms with Crippen LogP contribution in [0.15, 0.2) is 24.3 Å². The van der Waals surface area contributed by atoms with Crippen LogP contribution in [0.1, 0.15) is 17.2 Å². The van der Waals surface area contributed by atoms with E-state index in [1.165, 1.54) is 0 Å². The van der Waals surface area contributed by atoms with Gasteiger partial charge in [0.1, 0.15) is 12.2 Å². The first-order valence-corrected chi connectivity index (χ1v) is 5.35. The highest BCUT2D eigenvalue weighted by Gasteiger charge is 2.17. The monoisotopic (exact) mass is 239 g/mol. The summed E-state index contributed by atoms with van der Waals surface area (Å²) in [4.78, 5) is 11.1. The number of carbonyl (C=O) groups is 1. The number of amides is 1. The molecule has 2 atom stereocenters. The Morgan fingerprint density at radius 2 is 1.88 bits per heavy atom. The summed E-state index contributed by atoms with van der Waals surface area (Å²) in [5.74, 6) is -0.0892. The average Bonchev–Trinajstić information content (AvgIpc) is 2.37. The van der Waals surface area contributed by atoms with E-state index in [9.17, 15) is 15.0 Å². The van der Waals surface area contributed by atoms with Gasteiger partial charge in [0.05, 0.1) is 13.0 Å². The van der Waals surface area contributed by atoms with E-state index >= 15 is 0 Å². The van der Waals surface area contributed by atoms with Crippen molar-refractivity contribution < 1.29 is 20.1 Å². The van der Waals surface area contributed by atoms with Crippen LogP contribution >= 0.6 is 0 Å². The Morgan fingerprint density at radius 3 is 2.35 bits per heavy atom. The molecule has 2 unspecified atom stereocenters. The van der Waals surface area contributed by atoms with Gasteiger partial charge in [0, 0.05) is 7.05 Å². The van der Waals surface area contributed by atoms with Gasteiger partial charge in [-0.2, -0.15) is 0 Å². The zero-order chi connectivity index (χ0) is 12.8. The van der Waals surface area contributed by atoms with E-state index in [4.69, 9.17) is 5.11 Å². The molecule has 1 rings (SSSR count). The first kappa shape index (κ1) is 13.6. The molecule has 1 aromatic rings. The standard InChI is InChI=1S/C12H17NO4/c1-13-11(16)6-8-2-4-9(5-3-8)12(17)10(15)7-14/h2-5,10,12,14-15,17H,6-7H2,1H3,(H,13,16). The van der Waals surface area contributed by atoms with E-state index in [1.807, 2.05) is 0 Å². The lowest BCUT2D eigenvalue weighted by Gasteiger charge is -2.16. The van der Waals surface area contributed by atoms with Gasteiger partial charge in [0.2, 0.25) is 5.91 Å². The first-order valence-electron chi connectivity index (χ1n) is 5.35. The Balaban J connectivity index is 2.70. The number of likely N-dealkylation sites (N-methyl/N-ethyl adjacent to an activating group) is 1. The summed E-state index contributed by atoms with van der Waals surface area (Å²) in [5, 5.41) is 30.1. The predicted molar refractivity (Wildman–Crippen MR) is 62.3 cm³/mol. The topological polar surface area (TPSA) is 89.8 Å². The third-order valence-electron chi connectivity index (χ3n) is 2.52. The number of nitrogens with one attached hydrogen (secondary N) is 1. The van der Waals surface area contributed by atoms with Crippen LogP contribution in [0.4, 0.5) is 0 Å². The third-order valence-corrected chi connectivity index (χ3v) is 2.52. The zero-order valence-electron chi connectivity index (χ0n) is 9.63. The Kier molecular flexibility index (Phi) is 5.09. The molecule has 0 saturated carbocycles. The van der Waals surface area contributed by atoms with Crippen molar-refractivity contribution in [2.75, 3.05) is 13.7 Å². The highest BCUT2D eigenvalue weighted by atomic mass is 16.4. The van der Waals surface area contributed by atoms with Crippen LogP contribution in [0.25, 0.3) is 0 Å². The summed E-state index contributed by atoms with van der Waals surface area (Å²) in [6.45, 7) is -0.499. The summed E-state index contributed by atoms with van der Waals surface area (Å²) < 4.78 is 0. The van der Waals surface area contributed by atoms with Gasteiger partial charge in [-0.15, -0.1) is 0 Å². The van der Waals surface area contributed by atoms with E-state index in [-0.39, 0.29) is 12.3 Å². The van der Waals surface area contributed by atoms with Crippen LogP contribution in [0, 0.1) is 0 Å². The molecule has 94 valence electrons. The Bertz CT molecular complexity index is 363. The smallest absolute Gasteiger partial charge is 0.224 e. The Labute approximate surface area is 99.7 Å². The largest absolute Gasteiger partial charge is 0.394 e. The van der Waals surface area contributed by atoms with Crippen LogP contribution in [0.3, 0.4) is 0 Å². The molecule has 0 fully saturated rings. The fourth-order valence-electron chi connectivity index (χ4n) is 1.43. The number of rotatable bonds is 5. The molecule has 0 heterocycles. The minimum absolute atomic E-state index is 0.0892. The highest BCUT2D eigenvalue weighted by molar-refractivity contribution is 5.78. The van der Waals surface area contributed by atoms with Gasteiger partial charge in [-0.1, -0.05) is 24.3 Å². The molecular weight excluding hydrogens is 222 g/mol. The minimum Gasteiger partial charge on any atom is -0.394 e. The second-order valence-corrected chi connectivity index (χ2v) is 3.79. The van der Waals surface area contributed by atoms with Gasteiger partial charge >= 0.3 is 0 Å². The molecule has 0 bridgehead atoms. The molecule has 5 nitrogen and oxygen atoms in total. The van der Waals surface area contributed by atoms with E-state index in [0.29, 0.717) is 5.56 Å². The summed E-state index contributed by atoms with van der Waals surface area (Å²) >= 11 is 0. The third kappa shape index (κ3) is 3.81. The SMILES string of the molecule is CNC(=O)Cc1ccc(C(O)C(O)CO)cc1. The van der Waals surface area contributed by atoms with E-state index in [1.54, 1.807) is 31.3 Å². The van der Waals surface area contributed by atoms with Crippen molar-refractivity contribution >= 4 is 5.91 Å². The Hall–Kier alpha value is -1.43. The van der Waals surface area contributed by atoms with Gasteiger partial charge in [-0.3, -0.25) is 4.79 Å². The van der Waals surface area contributed by atoms with Crippen LogP contribution in [0.5, 0.6) is 0 Å². The minimum atomic E-state index is -1.19. The quantitative estimate of drug-likeness (QED) is 0.550. The van der Waals surface area contributed by atoms with Gasteiger partial charge < -0.3 is 20.6 Å². The molecule has 1 amide bonds. The van der Waals surface area contributed by atoms with Gasteiger partial charge in [0.25, 0.3) is 0 Å². The lowest BCUT2D eigenvalue weighted by atomic mass is 10.0. The van der Waals surface area contributed by atoms with Crippen LogP contribution in [-0.2, 0) is 11.2 Å². The number of aliphatic hydroxyl groups is 3. The van der Waals surface area contributed by atoms with Gasteiger partial charge in [-0.25, -0.2) is 0 Å². The zero-order valence-corrected chi connectivity index (χ0v) is 9.63. The molecule has 0 aromatic heterocycles. The second-order valence-electron chi connectivity index (χ2n) is 3.79. The van der Waals surface area contributed by atoms with Gasteiger partial charge in [-0.05, 0) is 11.1 Å². The van der Waals surface area contributed by atoms with Crippen molar-refractivity contribution in [3.05, 3.63) is 35.4 Å². The van der Waals surface area contributed by atoms with Crippen LogP contribution in [-0.4, -0.2) is 41.0 Å². The second kappa shape index (κ2) is 6.34. The van der Waals surface area contributed by atoms with Crippen molar-refractivity contribution in [3.8, 4) is 0 Å². The summed E-state index contributed by atoms with van der Waals surface area (Å²) in [6.07, 6.45) is -2.04. The fraction of sp³-hybridized carbons (Fsp3) is 0.417. The van der Waals surface area contributed by atoms with Crippen molar-refractivity contribution in [1.29, 1.82) is 0 Å². The molecule has 0 aliphatic carbocycles. The molecule has 17 heavy (non-hydrogen) atoms. The molecule has 5 heteroatoms. The lowest BCUT2D eigenvalue weighted by molar-refractivity contribution is -0.119. The molecule has 4 N–H and O–H groups in total. The normalized spacial score (nSPS) is 14.1. The lowest BCUT2D eigenvalue weighted by Crippen LogP contribution is -2.22. The number of aliphatic hydroxyl groups excluding tert-OH is 3. The molecule has 0 aliphatic rings. The summed E-state index contributed by atoms with van der Waals surface area (Å²) in [7, 11) is 1.57. The van der Waals surface area contributed by atoms with Crippen molar-refractivity contribution in [1.82, 2.24) is 5.32 Å². The number of hydrogen-bond acceptors (Lipinski definition) is 4. The van der Waals surface area contributed by atoms with E-state index < -0.39 is 18.8 Å². The maximum Gasteiger partial charge on any atom is 0.224 e. The maximum atomic E-state index is 11.1. The molecule has 1 aromatic carbocycles. The van der Waals surface area contributed by atoms with Crippen molar-refractivity contribution in [2.45, 2.75) is 18.6 Å². The first-order chi connectivity index (χ1) is 8.08. The van der Waals surface area contributed by atoms with Crippen LogP contribution < -0.4 is 5.32 Å². The predicted octanol–water partition coefficient (Wildman–Crippen LogP) is -0.638. The average molecular weight is 239 g/mol. The molecule has 0 radical (unpaired) electrons. The summed E-state index contributed by atoms with van der Waals surface area (Å²) in [5.41, 5.74) is 1.32. The number of hydrogen-bond donors (Lipinski definition) is 4. The van der Waals surface area contributed by atoms with E-state index in [0.717, 1.165) is 5.56 Å². The summed E-state index contributed by atoms with van der Waals surface area (Å²) in [6, 6.07) is 6.67. The molecule has 0 spiro atoms.